The van der Waals surface area contributed by atoms with Gasteiger partial charge in [0, 0.05) is 5.02 Å². The number of aliphatic hydroxyl groups is 1. The van der Waals surface area contributed by atoms with Gasteiger partial charge in [-0.15, -0.1) is 0 Å². The number of hydrogen-bond acceptors (Lipinski definition) is 4. The van der Waals surface area contributed by atoms with Crippen LogP contribution in [0.15, 0.2) is 36.4 Å². The highest BCUT2D eigenvalue weighted by atomic mass is 35.5. The average Bonchev–Trinajstić information content (AvgIpc) is 3.47. The van der Waals surface area contributed by atoms with E-state index >= 15 is 0 Å². The normalized spacial score (nSPS) is 40.4. The third-order valence-corrected chi connectivity index (χ3v) is 16.7. The number of benzene rings is 1. The van der Waals surface area contributed by atoms with E-state index in [0.717, 1.165) is 81.2 Å². The zero-order valence-electron chi connectivity index (χ0n) is 32.5. The summed E-state index contributed by atoms with van der Waals surface area (Å²) in [5, 5.41) is 25.1. The van der Waals surface area contributed by atoms with E-state index in [4.69, 9.17) is 16.3 Å². The zero-order valence-corrected chi connectivity index (χ0v) is 33.3. The van der Waals surface area contributed by atoms with Crippen LogP contribution in [-0.4, -0.2) is 47.4 Å². The molecule has 0 bridgehead atoms. The van der Waals surface area contributed by atoms with Crippen molar-refractivity contribution in [2.24, 2.45) is 62.6 Å². The van der Waals surface area contributed by atoms with Crippen LogP contribution in [0.25, 0.3) is 0 Å². The van der Waals surface area contributed by atoms with Gasteiger partial charge in [-0.1, -0.05) is 78.8 Å². The molecule has 0 aromatic heterocycles. The number of carboxylic acid groups (broad SMARTS) is 1. The predicted molar refractivity (Wildman–Crippen MR) is 204 cm³/mol. The Morgan fingerprint density at radius 3 is 2.29 bits per heavy atom. The summed E-state index contributed by atoms with van der Waals surface area (Å²) in [7, 11) is 0. The van der Waals surface area contributed by atoms with E-state index in [0.29, 0.717) is 37.4 Å². The van der Waals surface area contributed by atoms with Gasteiger partial charge in [0.2, 0.25) is 5.91 Å². The molecular formula is C44H66ClNO5. The van der Waals surface area contributed by atoms with E-state index in [1.54, 1.807) is 0 Å². The highest BCUT2D eigenvalue weighted by molar-refractivity contribution is 6.30. The van der Waals surface area contributed by atoms with E-state index in [1.807, 2.05) is 38.1 Å². The molecule has 6 nitrogen and oxygen atoms in total. The topological polar surface area (TPSA) is 95.9 Å². The Bertz CT molecular complexity index is 1470. The Kier molecular flexibility index (Phi) is 10.7. The molecule has 5 fully saturated rings. The van der Waals surface area contributed by atoms with E-state index in [2.05, 4.69) is 46.5 Å². The van der Waals surface area contributed by atoms with Crippen LogP contribution in [0.4, 0.5) is 0 Å². The molecule has 1 aromatic rings. The molecule has 51 heavy (non-hydrogen) atoms. The molecule has 7 heteroatoms. The molecule has 0 saturated heterocycles. The lowest BCUT2D eigenvalue weighted by Crippen LogP contribution is -2.67. The second-order valence-electron chi connectivity index (χ2n) is 19.5. The van der Waals surface area contributed by atoms with Crippen LogP contribution in [-0.2, 0) is 20.7 Å². The van der Waals surface area contributed by atoms with Crippen LogP contribution in [0.1, 0.15) is 125 Å². The lowest BCUT2D eigenvalue weighted by Gasteiger charge is -2.72. The van der Waals surface area contributed by atoms with Crippen LogP contribution in [0.3, 0.4) is 0 Å². The number of aliphatic hydroxyl groups excluding tert-OH is 1. The van der Waals surface area contributed by atoms with Crippen LogP contribution in [0, 0.1) is 62.6 Å². The summed E-state index contributed by atoms with van der Waals surface area (Å²) in [5.41, 5.74) is 1.91. The van der Waals surface area contributed by atoms with Crippen molar-refractivity contribution in [3.8, 4) is 0 Å². The van der Waals surface area contributed by atoms with Crippen molar-refractivity contribution in [3.05, 3.63) is 47.0 Å². The minimum absolute atomic E-state index is 0.0427. The van der Waals surface area contributed by atoms with Gasteiger partial charge >= 0.3 is 5.97 Å². The third kappa shape index (κ3) is 6.43. The highest BCUT2D eigenvalue weighted by Crippen LogP contribution is 2.77. The van der Waals surface area contributed by atoms with Gasteiger partial charge < -0.3 is 20.3 Å². The first-order valence-electron chi connectivity index (χ1n) is 20.1. The number of rotatable bonds is 11. The number of carbonyl (C=O) groups is 2. The number of amides is 1. The molecule has 0 spiro atoms. The number of carboxylic acids is 1. The van der Waals surface area contributed by atoms with E-state index in [1.165, 1.54) is 5.56 Å². The Labute approximate surface area is 312 Å². The molecule has 11 atom stereocenters. The summed E-state index contributed by atoms with van der Waals surface area (Å²) < 4.78 is 6.29. The summed E-state index contributed by atoms with van der Waals surface area (Å²) in [6, 6.07) is 7.02. The fourth-order valence-corrected chi connectivity index (χ4v) is 13.7. The van der Waals surface area contributed by atoms with Gasteiger partial charge in [-0.2, -0.15) is 0 Å². The fourth-order valence-electron chi connectivity index (χ4n) is 13.6. The smallest absolute Gasteiger partial charge is 0.326 e. The summed E-state index contributed by atoms with van der Waals surface area (Å²) in [6.07, 6.45) is 10.9. The maximum absolute atomic E-state index is 14.7. The highest BCUT2D eigenvalue weighted by Gasteiger charge is 2.72. The van der Waals surface area contributed by atoms with Crippen LogP contribution >= 0.6 is 11.6 Å². The van der Waals surface area contributed by atoms with Crippen molar-refractivity contribution in [1.82, 2.24) is 5.32 Å². The first-order chi connectivity index (χ1) is 23.9. The number of ether oxygens (including phenoxy) is 1. The number of fused-ring (bicyclic) bond motifs is 7. The lowest BCUT2D eigenvalue weighted by atomic mass is 9.32. The first-order valence-corrected chi connectivity index (χ1v) is 20.5. The predicted octanol–water partition coefficient (Wildman–Crippen LogP) is 9.51. The second kappa shape index (κ2) is 14.1. The summed E-state index contributed by atoms with van der Waals surface area (Å²) >= 11 is 6.09. The maximum atomic E-state index is 14.7. The van der Waals surface area contributed by atoms with E-state index < -0.39 is 17.4 Å². The Morgan fingerprint density at radius 1 is 0.922 bits per heavy atom. The van der Waals surface area contributed by atoms with Gasteiger partial charge in [0.15, 0.2) is 0 Å². The molecule has 1 aromatic carbocycles. The fraction of sp³-hybridized carbons (Fsp3) is 0.773. The second-order valence-corrected chi connectivity index (χ2v) is 19.9. The minimum Gasteiger partial charge on any atom is -0.480 e. The van der Waals surface area contributed by atoms with Crippen LogP contribution in [0.2, 0.25) is 5.02 Å². The molecule has 3 N–H and O–H groups in total. The number of halogens is 1. The van der Waals surface area contributed by atoms with Gasteiger partial charge in [-0.25, -0.2) is 4.79 Å². The average molecular weight is 724 g/mol. The van der Waals surface area contributed by atoms with Gasteiger partial charge in [-0.3, -0.25) is 4.79 Å². The third-order valence-electron chi connectivity index (χ3n) is 16.4. The Balaban J connectivity index is 1.29. The molecule has 0 radical (unpaired) electrons. The van der Waals surface area contributed by atoms with Gasteiger partial charge in [0.1, 0.15) is 6.04 Å². The molecule has 6 rings (SSSR count). The SMILES string of the molecule is C=C(COCCc1ccc(Cl)cc1)[C@@H]1CC[C@]2(C(=O)N[C@@H](CC(C)C)C(=O)O)CC[C@]3(C)[C@H](CCC4[C@@]5(C)CC[C@H](O)C(C)(C)[C@@H]5CC[C@]43C)[C@@H]12. The zero-order chi connectivity index (χ0) is 37.1. The molecule has 5 aliphatic carbocycles. The number of aliphatic carboxylic acids is 1. The molecule has 5 aliphatic rings. The van der Waals surface area contributed by atoms with Crippen LogP contribution < -0.4 is 5.32 Å². The molecular weight excluding hydrogens is 658 g/mol. The van der Waals surface area contributed by atoms with Crippen molar-refractivity contribution in [2.75, 3.05) is 13.2 Å². The van der Waals surface area contributed by atoms with Gasteiger partial charge in [-0.05, 0) is 157 Å². The summed E-state index contributed by atoms with van der Waals surface area (Å²) in [4.78, 5) is 27.1. The lowest BCUT2D eigenvalue weighted by molar-refractivity contribution is -0.246. The Morgan fingerprint density at radius 2 is 1.63 bits per heavy atom. The molecule has 1 unspecified atom stereocenters. The van der Waals surface area contributed by atoms with Crippen molar-refractivity contribution >= 4 is 23.5 Å². The summed E-state index contributed by atoms with van der Waals surface area (Å²) in [5.74, 6) is 0.827. The monoisotopic (exact) mass is 723 g/mol. The van der Waals surface area contributed by atoms with E-state index in [9.17, 15) is 19.8 Å². The molecule has 1 amide bonds. The van der Waals surface area contributed by atoms with Crippen LogP contribution in [0.5, 0.6) is 0 Å². The quantitative estimate of drug-likeness (QED) is 0.156. The Hall–Kier alpha value is -1.89. The minimum atomic E-state index is -0.947. The maximum Gasteiger partial charge on any atom is 0.326 e. The van der Waals surface area contributed by atoms with Crippen molar-refractivity contribution in [1.29, 1.82) is 0 Å². The molecule has 284 valence electrons. The number of hydrogen-bond donors (Lipinski definition) is 3. The van der Waals surface area contributed by atoms with Crippen molar-refractivity contribution in [3.63, 3.8) is 0 Å². The van der Waals surface area contributed by atoms with Gasteiger partial charge in [0.05, 0.1) is 24.7 Å². The standard InChI is InChI=1S/C44H66ClNO5/c1-27(2)25-33(38(48)49)46-39(50)44-21-15-31(28(3)26-51-24-18-29-9-11-30(45)12-10-29)37(44)32-13-14-35-41(6)19-17-36(47)40(4,5)34(41)16-20-43(35,8)42(32,7)22-23-44/h9-12,27,31-37,47H,3,13-26H2,1-2,4-8H3,(H,46,50)(H,48,49)/t31-,32+,33-,34-,35?,36-,37+,41-,42+,43+,44-/m0/s1. The number of carbonyl (C=O) groups excluding carboxylic acids is 1. The molecule has 0 aliphatic heterocycles. The van der Waals surface area contributed by atoms with E-state index in [-0.39, 0.29) is 51.4 Å². The first kappa shape index (κ1) is 38.8. The largest absolute Gasteiger partial charge is 0.480 e. The number of nitrogens with one attached hydrogen (secondary N) is 1. The van der Waals surface area contributed by atoms with Gasteiger partial charge in [0.25, 0.3) is 0 Å². The van der Waals surface area contributed by atoms with Crippen molar-refractivity contribution in [2.45, 2.75) is 138 Å². The van der Waals surface area contributed by atoms with Crippen molar-refractivity contribution < 1.29 is 24.5 Å². The molecule has 5 saturated carbocycles. The molecule has 0 heterocycles. The summed E-state index contributed by atoms with van der Waals surface area (Å²) in [6.45, 7) is 22.1.